The van der Waals surface area contributed by atoms with Crippen molar-refractivity contribution in [2.24, 2.45) is 0 Å². The number of nitrogens with zero attached hydrogens (tertiary/aromatic N) is 4. The molecule has 0 N–H and O–H groups in total. The summed E-state index contributed by atoms with van der Waals surface area (Å²) in [5.74, 6) is 0.0902. The van der Waals surface area contributed by atoms with Crippen molar-refractivity contribution in [3.63, 3.8) is 0 Å². The third kappa shape index (κ3) is 4.86. The van der Waals surface area contributed by atoms with Gasteiger partial charge in [0.1, 0.15) is 0 Å². The van der Waals surface area contributed by atoms with E-state index in [0.717, 1.165) is 74.2 Å². The second-order valence-corrected chi connectivity index (χ2v) is 10.4. The summed E-state index contributed by atoms with van der Waals surface area (Å²) >= 11 is 12.4. The molecule has 3 aromatic rings. The Kier molecular flexibility index (Phi) is 7.56. The fourth-order valence-corrected chi connectivity index (χ4v) is 5.86. The van der Waals surface area contributed by atoms with Crippen LogP contribution < -0.4 is 10.6 Å². The first-order valence-electron chi connectivity index (χ1n) is 12.9. The Labute approximate surface area is 221 Å². The number of para-hydroxylation sites is 2. The van der Waals surface area contributed by atoms with E-state index < -0.39 is 0 Å². The van der Waals surface area contributed by atoms with Crippen LogP contribution in [0.25, 0.3) is 16.7 Å². The van der Waals surface area contributed by atoms with Crippen molar-refractivity contribution in [2.75, 3.05) is 24.5 Å². The van der Waals surface area contributed by atoms with Crippen molar-refractivity contribution in [2.45, 2.75) is 58.0 Å². The number of benzene rings is 2. The molecule has 0 atom stereocenters. The maximum atomic E-state index is 13.4. The third-order valence-electron chi connectivity index (χ3n) is 7.45. The summed E-state index contributed by atoms with van der Waals surface area (Å²) in [6.45, 7) is 5.08. The van der Waals surface area contributed by atoms with Gasteiger partial charge in [-0.2, -0.15) is 0 Å². The van der Waals surface area contributed by atoms with E-state index in [-0.39, 0.29) is 17.6 Å². The van der Waals surface area contributed by atoms with Gasteiger partial charge in [-0.15, -0.1) is 0 Å². The number of amides is 1. The fourth-order valence-electron chi connectivity index (χ4n) is 5.57. The lowest BCUT2D eigenvalue weighted by Crippen LogP contribution is -2.48. The van der Waals surface area contributed by atoms with Crippen LogP contribution in [0.15, 0.2) is 53.3 Å². The number of rotatable bonds is 7. The molecule has 36 heavy (non-hydrogen) atoms. The molecule has 1 amide bonds. The molecule has 5 rings (SSSR count). The zero-order valence-electron chi connectivity index (χ0n) is 20.6. The molecule has 0 spiro atoms. The number of halogens is 2. The van der Waals surface area contributed by atoms with Crippen LogP contribution in [0, 0.1) is 0 Å². The van der Waals surface area contributed by atoms with Gasteiger partial charge in [-0.3, -0.25) is 13.9 Å². The van der Waals surface area contributed by atoms with Crippen LogP contribution in [-0.2, 0) is 11.3 Å². The minimum Gasteiger partial charge on any atom is -0.309 e. The number of piperidine rings is 1. The van der Waals surface area contributed by atoms with Crippen LogP contribution in [-0.4, -0.2) is 45.6 Å². The van der Waals surface area contributed by atoms with Gasteiger partial charge in [-0.25, -0.2) is 4.79 Å². The number of imidazole rings is 1. The molecule has 1 saturated heterocycles. The van der Waals surface area contributed by atoms with Gasteiger partial charge in [0.2, 0.25) is 5.91 Å². The lowest BCUT2D eigenvalue weighted by molar-refractivity contribution is -0.119. The summed E-state index contributed by atoms with van der Waals surface area (Å²) in [4.78, 5) is 30.6. The van der Waals surface area contributed by atoms with Crippen LogP contribution in [0.3, 0.4) is 0 Å². The van der Waals surface area contributed by atoms with Crippen LogP contribution in [0.2, 0.25) is 10.0 Å². The van der Waals surface area contributed by atoms with E-state index in [4.69, 9.17) is 23.2 Å². The van der Waals surface area contributed by atoms with E-state index in [1.807, 2.05) is 51.3 Å². The molecule has 190 valence electrons. The van der Waals surface area contributed by atoms with Gasteiger partial charge in [-0.1, -0.05) is 48.3 Å². The highest BCUT2D eigenvalue weighted by Crippen LogP contribution is 2.31. The van der Waals surface area contributed by atoms with Gasteiger partial charge < -0.3 is 9.80 Å². The largest absolute Gasteiger partial charge is 0.333 e. The van der Waals surface area contributed by atoms with E-state index in [0.29, 0.717) is 23.0 Å². The summed E-state index contributed by atoms with van der Waals surface area (Å²) in [6, 6.07) is 13.6. The van der Waals surface area contributed by atoms with Crippen LogP contribution in [0.5, 0.6) is 0 Å². The number of anilines is 1. The van der Waals surface area contributed by atoms with Gasteiger partial charge >= 0.3 is 5.69 Å². The molecule has 0 bridgehead atoms. The number of likely N-dealkylation sites (tertiary alicyclic amines) is 1. The minimum atomic E-state index is 0.0542. The molecule has 8 heteroatoms. The van der Waals surface area contributed by atoms with Crippen molar-refractivity contribution in [3.8, 4) is 0 Å². The van der Waals surface area contributed by atoms with Gasteiger partial charge in [-0.05, 0) is 62.4 Å². The fraction of sp³-hybridized carbons (Fsp3) is 0.429. The highest BCUT2D eigenvalue weighted by Gasteiger charge is 2.29. The molecule has 1 aliphatic heterocycles. The van der Waals surface area contributed by atoms with Crippen molar-refractivity contribution >= 4 is 51.5 Å². The lowest BCUT2D eigenvalue weighted by atomic mass is 10.0. The first-order chi connectivity index (χ1) is 17.5. The number of carbonyl (C=O) groups excluding carboxylic acids is 1. The van der Waals surface area contributed by atoms with Gasteiger partial charge in [0.05, 0.1) is 21.1 Å². The number of allylic oxidation sites excluding steroid dienone is 2. The number of hydrogen-bond donors (Lipinski definition) is 0. The Hall–Kier alpha value is -2.54. The highest BCUT2D eigenvalue weighted by atomic mass is 35.5. The minimum absolute atomic E-state index is 0.0542. The predicted octanol–water partition coefficient (Wildman–Crippen LogP) is 6.04. The summed E-state index contributed by atoms with van der Waals surface area (Å²) in [7, 11) is 0. The van der Waals surface area contributed by atoms with E-state index in [1.54, 1.807) is 12.1 Å². The van der Waals surface area contributed by atoms with Crippen LogP contribution in [0.1, 0.15) is 45.4 Å². The Bertz CT molecular complexity index is 1350. The number of hydrogen-bond acceptors (Lipinski definition) is 3. The van der Waals surface area contributed by atoms with E-state index in [2.05, 4.69) is 11.0 Å². The molecule has 0 unspecified atom stereocenters. The summed E-state index contributed by atoms with van der Waals surface area (Å²) < 4.78 is 3.82. The first-order valence-corrected chi connectivity index (χ1v) is 13.6. The molecule has 1 fully saturated rings. The Balaban J connectivity index is 1.28. The second kappa shape index (κ2) is 10.8. The van der Waals surface area contributed by atoms with Crippen molar-refractivity contribution in [1.29, 1.82) is 0 Å². The normalized spacial score (nSPS) is 17.0. The van der Waals surface area contributed by atoms with Crippen LogP contribution >= 0.6 is 23.2 Å². The molecule has 2 aliphatic rings. The summed E-state index contributed by atoms with van der Waals surface area (Å²) in [5, 5.41) is 0.943. The van der Waals surface area contributed by atoms with Gasteiger partial charge in [0.25, 0.3) is 0 Å². The predicted molar refractivity (Wildman–Crippen MR) is 148 cm³/mol. The van der Waals surface area contributed by atoms with Gasteiger partial charge in [0, 0.05) is 50.0 Å². The number of fused-ring (bicyclic) bond motifs is 1. The smallest absolute Gasteiger partial charge is 0.309 e. The zero-order valence-corrected chi connectivity index (χ0v) is 22.1. The Morgan fingerprint density at radius 1 is 1.03 bits per heavy atom. The summed E-state index contributed by atoms with van der Waals surface area (Å²) in [5.41, 5.74) is 3.96. The standard InChI is InChI=1S/C28H32Cl2N4O2/c1-2-27(35)33(22-11-12-23(29)24(30)19-22)21-13-15-31(16-14-21)17-18-32-25-9-5-6-10-26(25)34(28(32)36)20-7-3-4-8-20/h5-7,9-12,19,21H,2-4,8,13-18H2,1H3. The zero-order chi connectivity index (χ0) is 25.2. The van der Waals surface area contributed by atoms with Crippen molar-refractivity contribution in [1.82, 2.24) is 14.0 Å². The van der Waals surface area contributed by atoms with E-state index >= 15 is 0 Å². The van der Waals surface area contributed by atoms with Gasteiger partial charge in [0.15, 0.2) is 0 Å². The highest BCUT2D eigenvalue weighted by molar-refractivity contribution is 6.42. The Morgan fingerprint density at radius 3 is 2.44 bits per heavy atom. The molecule has 2 heterocycles. The first kappa shape index (κ1) is 25.1. The molecule has 1 aliphatic carbocycles. The summed E-state index contributed by atoms with van der Waals surface area (Å²) in [6.07, 6.45) is 7.47. The molecule has 0 radical (unpaired) electrons. The number of carbonyl (C=O) groups is 1. The third-order valence-corrected chi connectivity index (χ3v) is 8.19. The Morgan fingerprint density at radius 2 is 1.78 bits per heavy atom. The van der Waals surface area contributed by atoms with Crippen molar-refractivity contribution in [3.05, 3.63) is 69.1 Å². The molecular formula is C28H32Cl2N4O2. The second-order valence-electron chi connectivity index (χ2n) is 9.63. The maximum Gasteiger partial charge on any atom is 0.333 e. The van der Waals surface area contributed by atoms with Crippen LogP contribution in [0.4, 0.5) is 5.69 Å². The molecular weight excluding hydrogens is 495 g/mol. The average Bonchev–Trinajstić information content (AvgIpc) is 3.51. The quantitative estimate of drug-likeness (QED) is 0.376. The lowest BCUT2D eigenvalue weighted by Gasteiger charge is -2.38. The average molecular weight is 527 g/mol. The van der Waals surface area contributed by atoms with E-state index in [9.17, 15) is 9.59 Å². The topological polar surface area (TPSA) is 50.5 Å². The molecule has 1 aromatic heterocycles. The number of aromatic nitrogens is 2. The molecule has 6 nitrogen and oxygen atoms in total. The molecule has 2 aromatic carbocycles. The SMILES string of the molecule is CCC(=O)N(c1ccc(Cl)c(Cl)c1)C1CCN(CCn2c(=O)n(C3=CCCC3)c3ccccc32)CC1. The molecule has 0 saturated carbocycles. The monoisotopic (exact) mass is 526 g/mol. The maximum absolute atomic E-state index is 13.4. The van der Waals surface area contributed by atoms with Crippen molar-refractivity contribution < 1.29 is 4.79 Å². The van der Waals surface area contributed by atoms with E-state index in [1.165, 1.54) is 0 Å².